The highest BCUT2D eigenvalue weighted by Crippen LogP contribution is 2.52. The minimum atomic E-state index is -0.735. The van der Waals surface area contributed by atoms with Gasteiger partial charge in [0.15, 0.2) is 5.60 Å². The number of hydrogen-bond acceptors (Lipinski definition) is 1. The summed E-state index contributed by atoms with van der Waals surface area (Å²) in [5, 5.41) is 0. The lowest BCUT2D eigenvalue weighted by Gasteiger charge is -2.42. The second-order valence-electron chi connectivity index (χ2n) is 11.3. The summed E-state index contributed by atoms with van der Waals surface area (Å²) in [5.41, 5.74) is 7.77. The molecular formula is C37H39FO. The van der Waals surface area contributed by atoms with Crippen LogP contribution in [0.1, 0.15) is 93.5 Å². The van der Waals surface area contributed by atoms with Crippen LogP contribution in [0.5, 0.6) is 5.75 Å². The van der Waals surface area contributed by atoms with Crippen molar-refractivity contribution in [1.29, 1.82) is 0 Å². The molecule has 2 heteroatoms. The van der Waals surface area contributed by atoms with Crippen molar-refractivity contribution in [2.24, 2.45) is 0 Å². The van der Waals surface area contributed by atoms with Gasteiger partial charge in [-0.1, -0.05) is 119 Å². The van der Waals surface area contributed by atoms with E-state index >= 15 is 4.39 Å². The van der Waals surface area contributed by atoms with Gasteiger partial charge in [-0.3, -0.25) is 0 Å². The molecule has 4 aromatic carbocycles. The quantitative estimate of drug-likeness (QED) is 0.225. The van der Waals surface area contributed by atoms with E-state index in [0.29, 0.717) is 30.2 Å². The summed E-state index contributed by atoms with van der Waals surface area (Å²) in [5.74, 6) is 1.59. The monoisotopic (exact) mass is 518 g/mol. The van der Waals surface area contributed by atoms with Gasteiger partial charge >= 0.3 is 0 Å². The SMILES string of the molecule is CCC(C)c1ccc2c(c1)OC(CC/C(C)=C(\F)c1ccccc1)(c1ccccc1)c1cc(C(C)C)ccc1-2. The van der Waals surface area contributed by atoms with Crippen LogP contribution >= 0.6 is 0 Å². The first-order chi connectivity index (χ1) is 18.8. The molecule has 0 spiro atoms. The zero-order valence-electron chi connectivity index (χ0n) is 23.8. The Balaban J connectivity index is 1.69. The van der Waals surface area contributed by atoms with E-state index in [9.17, 15) is 0 Å². The van der Waals surface area contributed by atoms with Gasteiger partial charge in [-0.25, -0.2) is 4.39 Å². The normalized spacial score (nSPS) is 17.6. The van der Waals surface area contributed by atoms with Gasteiger partial charge in [-0.2, -0.15) is 0 Å². The van der Waals surface area contributed by atoms with Gasteiger partial charge in [0.2, 0.25) is 0 Å². The first-order valence-corrected chi connectivity index (χ1v) is 14.3. The van der Waals surface area contributed by atoms with Gasteiger partial charge in [0.25, 0.3) is 0 Å². The Morgan fingerprint density at radius 3 is 2.10 bits per heavy atom. The van der Waals surface area contributed by atoms with Crippen LogP contribution in [0.2, 0.25) is 0 Å². The Morgan fingerprint density at radius 1 is 0.795 bits per heavy atom. The standard InChI is InChI=1S/C37H39FO/c1-6-26(4)30-18-20-33-32-19-17-29(25(2)3)23-34(32)37(39-35(33)24-30,31-15-11-8-12-16-31)22-21-27(5)36(38)28-13-9-7-10-14-28/h7-20,23-26H,6,21-22H2,1-5H3/b36-27-. The van der Waals surface area contributed by atoms with Crippen molar-refractivity contribution in [2.45, 2.75) is 71.3 Å². The zero-order valence-corrected chi connectivity index (χ0v) is 23.8. The maximum atomic E-state index is 15.5. The maximum Gasteiger partial charge on any atom is 0.160 e. The van der Waals surface area contributed by atoms with E-state index in [4.69, 9.17) is 4.74 Å². The molecule has 0 aliphatic carbocycles. The fourth-order valence-electron chi connectivity index (χ4n) is 5.68. The third kappa shape index (κ3) is 5.17. The van der Waals surface area contributed by atoms with Gasteiger partial charge in [0, 0.05) is 16.7 Å². The molecule has 0 aromatic heterocycles. The highest BCUT2D eigenvalue weighted by atomic mass is 19.1. The summed E-state index contributed by atoms with van der Waals surface area (Å²) in [6.45, 7) is 10.8. The zero-order chi connectivity index (χ0) is 27.6. The summed E-state index contributed by atoms with van der Waals surface area (Å²) in [6, 6.07) is 33.4. The summed E-state index contributed by atoms with van der Waals surface area (Å²) >= 11 is 0. The Labute approximate surface area is 233 Å². The Bertz CT molecular complexity index is 1470. The van der Waals surface area contributed by atoms with E-state index in [0.717, 1.165) is 34.4 Å². The van der Waals surface area contributed by atoms with Gasteiger partial charge in [-0.05, 0) is 71.9 Å². The molecule has 0 saturated carbocycles. The molecule has 0 bridgehead atoms. The lowest BCUT2D eigenvalue weighted by atomic mass is 9.74. The highest BCUT2D eigenvalue weighted by Gasteiger charge is 2.43. The van der Waals surface area contributed by atoms with Gasteiger partial charge in [0.1, 0.15) is 11.6 Å². The number of ether oxygens (including phenoxy) is 1. The second kappa shape index (κ2) is 11.2. The molecule has 0 saturated heterocycles. The Morgan fingerprint density at radius 2 is 1.44 bits per heavy atom. The lowest BCUT2D eigenvalue weighted by Crippen LogP contribution is -2.38. The summed E-state index contributed by atoms with van der Waals surface area (Å²) in [6.07, 6.45) is 2.27. The molecule has 1 heterocycles. The predicted octanol–water partition coefficient (Wildman–Crippen LogP) is 10.8. The Kier molecular flexibility index (Phi) is 7.75. The molecule has 4 aromatic rings. The maximum absolute atomic E-state index is 15.5. The summed E-state index contributed by atoms with van der Waals surface area (Å²) in [4.78, 5) is 0. The summed E-state index contributed by atoms with van der Waals surface area (Å²) < 4.78 is 22.7. The molecule has 0 amide bonds. The average molecular weight is 519 g/mol. The molecular weight excluding hydrogens is 479 g/mol. The molecule has 0 radical (unpaired) electrons. The molecule has 0 N–H and O–H groups in total. The first-order valence-electron chi connectivity index (χ1n) is 14.3. The molecule has 1 aliphatic heterocycles. The van der Waals surface area contributed by atoms with Crippen LogP contribution in [0, 0.1) is 0 Å². The van der Waals surface area contributed by atoms with Crippen LogP contribution in [-0.2, 0) is 5.60 Å². The number of hydrogen-bond donors (Lipinski definition) is 0. The number of fused-ring (bicyclic) bond motifs is 3. The van der Waals surface area contributed by atoms with Gasteiger partial charge in [0.05, 0.1) is 0 Å². The fourth-order valence-corrected chi connectivity index (χ4v) is 5.68. The molecule has 1 aliphatic rings. The van der Waals surface area contributed by atoms with Crippen LogP contribution in [0.15, 0.2) is 103 Å². The molecule has 39 heavy (non-hydrogen) atoms. The van der Waals surface area contributed by atoms with Crippen LogP contribution in [0.3, 0.4) is 0 Å². The van der Waals surface area contributed by atoms with Crippen molar-refractivity contribution in [3.05, 3.63) is 130 Å². The van der Waals surface area contributed by atoms with Crippen LogP contribution in [0.25, 0.3) is 17.0 Å². The summed E-state index contributed by atoms with van der Waals surface area (Å²) in [7, 11) is 0. The number of benzene rings is 4. The molecule has 1 nitrogen and oxygen atoms in total. The minimum Gasteiger partial charge on any atom is -0.477 e. The van der Waals surface area contributed by atoms with E-state index in [1.165, 1.54) is 16.7 Å². The van der Waals surface area contributed by atoms with Crippen LogP contribution in [0.4, 0.5) is 4.39 Å². The van der Waals surface area contributed by atoms with Crippen LogP contribution < -0.4 is 4.74 Å². The highest BCUT2D eigenvalue weighted by molar-refractivity contribution is 5.78. The minimum absolute atomic E-state index is 0.148. The topological polar surface area (TPSA) is 9.23 Å². The third-order valence-corrected chi connectivity index (χ3v) is 8.40. The lowest BCUT2D eigenvalue weighted by molar-refractivity contribution is 0.0972. The fraction of sp³-hybridized carbons (Fsp3) is 0.297. The van der Waals surface area contributed by atoms with Crippen molar-refractivity contribution in [3.63, 3.8) is 0 Å². The predicted molar refractivity (Wildman–Crippen MR) is 162 cm³/mol. The van der Waals surface area contributed by atoms with E-state index in [1.54, 1.807) is 0 Å². The largest absolute Gasteiger partial charge is 0.477 e. The smallest absolute Gasteiger partial charge is 0.160 e. The van der Waals surface area contributed by atoms with Crippen molar-refractivity contribution in [1.82, 2.24) is 0 Å². The van der Waals surface area contributed by atoms with Crippen molar-refractivity contribution in [2.75, 3.05) is 0 Å². The van der Waals surface area contributed by atoms with Crippen molar-refractivity contribution < 1.29 is 9.13 Å². The number of halogens is 1. The third-order valence-electron chi connectivity index (χ3n) is 8.40. The number of rotatable bonds is 8. The van der Waals surface area contributed by atoms with Gasteiger partial charge < -0.3 is 4.74 Å². The molecule has 2 atom stereocenters. The molecule has 2 unspecified atom stereocenters. The number of allylic oxidation sites excluding steroid dienone is 1. The van der Waals surface area contributed by atoms with E-state index in [2.05, 4.69) is 88.4 Å². The first kappa shape index (κ1) is 26.9. The molecule has 200 valence electrons. The van der Waals surface area contributed by atoms with Gasteiger partial charge in [-0.15, -0.1) is 0 Å². The molecule has 5 rings (SSSR count). The van der Waals surface area contributed by atoms with Crippen molar-refractivity contribution >= 4 is 5.83 Å². The van der Waals surface area contributed by atoms with E-state index in [1.807, 2.05) is 43.3 Å². The second-order valence-corrected chi connectivity index (χ2v) is 11.3. The van der Waals surface area contributed by atoms with E-state index < -0.39 is 5.60 Å². The van der Waals surface area contributed by atoms with E-state index in [-0.39, 0.29) is 5.83 Å². The average Bonchev–Trinajstić information content (AvgIpc) is 2.99. The van der Waals surface area contributed by atoms with Crippen molar-refractivity contribution in [3.8, 4) is 16.9 Å². The molecule has 0 fully saturated rings. The van der Waals surface area contributed by atoms with Crippen LogP contribution in [-0.4, -0.2) is 0 Å². The Hall–Kier alpha value is -3.65.